The fourth-order valence-corrected chi connectivity index (χ4v) is 1.72. The van der Waals surface area contributed by atoms with Crippen LogP contribution >= 0.6 is 0 Å². The van der Waals surface area contributed by atoms with Crippen molar-refractivity contribution >= 4 is 9.84 Å². The summed E-state index contributed by atoms with van der Waals surface area (Å²) in [6.07, 6.45) is 1.67. The highest BCUT2D eigenvalue weighted by molar-refractivity contribution is 7.91. The molecule has 4 nitrogen and oxygen atoms in total. The first-order valence-electron chi connectivity index (χ1n) is 5.46. The molecule has 0 rings (SSSR count). The van der Waals surface area contributed by atoms with E-state index in [0.717, 1.165) is 12.8 Å². The molecule has 2 N–H and O–H groups in total. The van der Waals surface area contributed by atoms with Crippen LogP contribution in [0.2, 0.25) is 0 Å². The Kier molecular flexibility index (Phi) is 6.40. The predicted molar refractivity (Wildman–Crippen MR) is 62.6 cm³/mol. The summed E-state index contributed by atoms with van der Waals surface area (Å²) in [7, 11) is -2.92. The minimum atomic E-state index is -2.92. The van der Waals surface area contributed by atoms with Gasteiger partial charge in [0, 0.05) is 11.3 Å². The maximum atomic E-state index is 11.2. The molecule has 0 saturated heterocycles. The molecule has 92 valence electrons. The zero-order chi connectivity index (χ0) is 11.9. The highest BCUT2D eigenvalue weighted by Gasteiger charge is 2.20. The largest absolute Gasteiger partial charge is 0.378 e. The predicted octanol–water partition coefficient (Wildman–Crippen LogP) is 0.955. The number of ether oxygens (including phenoxy) is 1. The summed E-state index contributed by atoms with van der Waals surface area (Å²) in [6.45, 7) is 6.33. The SMILES string of the molecule is CCC(N)(CC)COCCS(=O)(=O)CC. The van der Waals surface area contributed by atoms with Crippen molar-refractivity contribution in [1.82, 2.24) is 0 Å². The molecule has 0 fully saturated rings. The van der Waals surface area contributed by atoms with Crippen LogP contribution in [0.5, 0.6) is 0 Å². The van der Waals surface area contributed by atoms with Crippen LogP contribution in [-0.2, 0) is 14.6 Å². The van der Waals surface area contributed by atoms with E-state index in [4.69, 9.17) is 10.5 Å². The Morgan fingerprint density at radius 3 is 2.13 bits per heavy atom. The summed E-state index contributed by atoms with van der Waals surface area (Å²) < 4.78 is 27.6. The van der Waals surface area contributed by atoms with Gasteiger partial charge in [0.15, 0.2) is 9.84 Å². The van der Waals surface area contributed by atoms with Gasteiger partial charge in [-0.1, -0.05) is 20.8 Å². The highest BCUT2D eigenvalue weighted by Crippen LogP contribution is 2.11. The maximum Gasteiger partial charge on any atom is 0.152 e. The van der Waals surface area contributed by atoms with Gasteiger partial charge in [0.2, 0.25) is 0 Å². The zero-order valence-corrected chi connectivity index (χ0v) is 10.8. The quantitative estimate of drug-likeness (QED) is 0.638. The molecule has 15 heavy (non-hydrogen) atoms. The molecule has 0 saturated carbocycles. The van der Waals surface area contributed by atoms with Gasteiger partial charge in [-0.2, -0.15) is 0 Å². The van der Waals surface area contributed by atoms with E-state index in [-0.39, 0.29) is 23.7 Å². The topological polar surface area (TPSA) is 69.4 Å². The average Bonchev–Trinajstić information content (AvgIpc) is 2.24. The molecular formula is C10H23NO3S. The monoisotopic (exact) mass is 237 g/mol. The van der Waals surface area contributed by atoms with Gasteiger partial charge in [0.05, 0.1) is 19.0 Å². The number of sulfone groups is 1. The van der Waals surface area contributed by atoms with E-state index in [1.54, 1.807) is 6.92 Å². The molecule has 0 heterocycles. The molecular weight excluding hydrogens is 214 g/mol. The molecule has 0 aliphatic rings. The second-order valence-corrected chi connectivity index (χ2v) is 6.33. The van der Waals surface area contributed by atoms with Crippen molar-refractivity contribution in [2.75, 3.05) is 24.7 Å². The number of hydrogen-bond acceptors (Lipinski definition) is 4. The Morgan fingerprint density at radius 1 is 1.20 bits per heavy atom. The Morgan fingerprint density at radius 2 is 1.73 bits per heavy atom. The molecule has 0 atom stereocenters. The van der Waals surface area contributed by atoms with Gasteiger partial charge < -0.3 is 10.5 Å². The molecule has 0 radical (unpaired) electrons. The third kappa shape index (κ3) is 6.12. The van der Waals surface area contributed by atoms with Crippen molar-refractivity contribution in [2.24, 2.45) is 5.73 Å². The molecule has 0 aromatic heterocycles. The van der Waals surface area contributed by atoms with Crippen LogP contribution in [0.25, 0.3) is 0 Å². The standard InChI is InChI=1S/C10H23NO3S/c1-4-10(11,5-2)9-14-7-8-15(12,13)6-3/h4-9,11H2,1-3H3. The molecule has 0 unspecified atom stereocenters. The van der Waals surface area contributed by atoms with Gasteiger partial charge in [0.1, 0.15) is 0 Å². The smallest absolute Gasteiger partial charge is 0.152 e. The van der Waals surface area contributed by atoms with Gasteiger partial charge in [-0.15, -0.1) is 0 Å². The molecule has 0 aromatic rings. The lowest BCUT2D eigenvalue weighted by atomic mass is 9.96. The number of nitrogens with two attached hydrogens (primary N) is 1. The van der Waals surface area contributed by atoms with Gasteiger partial charge in [-0.05, 0) is 12.8 Å². The van der Waals surface area contributed by atoms with E-state index >= 15 is 0 Å². The fraction of sp³-hybridized carbons (Fsp3) is 1.00. The summed E-state index contributed by atoms with van der Waals surface area (Å²) in [5.41, 5.74) is 5.69. The van der Waals surface area contributed by atoms with Gasteiger partial charge in [-0.25, -0.2) is 8.42 Å². The van der Waals surface area contributed by atoms with Crippen molar-refractivity contribution in [3.8, 4) is 0 Å². The Bertz CT molecular complexity index is 258. The lowest BCUT2D eigenvalue weighted by Crippen LogP contribution is -2.43. The summed E-state index contributed by atoms with van der Waals surface area (Å²) >= 11 is 0. The first-order chi connectivity index (χ1) is 6.89. The van der Waals surface area contributed by atoms with E-state index in [1.165, 1.54) is 0 Å². The van der Waals surface area contributed by atoms with Crippen molar-refractivity contribution in [2.45, 2.75) is 39.2 Å². The van der Waals surface area contributed by atoms with Gasteiger partial charge in [0.25, 0.3) is 0 Å². The van der Waals surface area contributed by atoms with Crippen LogP contribution in [0.15, 0.2) is 0 Å². The summed E-state index contributed by atoms with van der Waals surface area (Å²) in [5, 5.41) is 0. The van der Waals surface area contributed by atoms with E-state index in [2.05, 4.69) is 0 Å². The van der Waals surface area contributed by atoms with Crippen LogP contribution in [0, 0.1) is 0 Å². The summed E-state index contributed by atoms with van der Waals surface area (Å²) in [5.74, 6) is 0.263. The van der Waals surface area contributed by atoms with Crippen LogP contribution < -0.4 is 5.73 Å². The minimum Gasteiger partial charge on any atom is -0.378 e. The van der Waals surface area contributed by atoms with Gasteiger partial charge >= 0.3 is 0 Å². The van der Waals surface area contributed by atoms with E-state index in [1.807, 2.05) is 13.8 Å². The minimum absolute atomic E-state index is 0.0903. The zero-order valence-electron chi connectivity index (χ0n) is 9.95. The fourth-order valence-electron chi connectivity index (χ4n) is 1.06. The van der Waals surface area contributed by atoms with Crippen LogP contribution in [0.1, 0.15) is 33.6 Å². The molecule has 0 amide bonds. The molecule has 5 heteroatoms. The van der Waals surface area contributed by atoms with E-state index in [0.29, 0.717) is 6.61 Å². The molecule has 0 aliphatic carbocycles. The normalized spacial score (nSPS) is 13.1. The lowest BCUT2D eigenvalue weighted by molar-refractivity contribution is 0.0916. The van der Waals surface area contributed by atoms with Crippen molar-refractivity contribution in [3.63, 3.8) is 0 Å². The first-order valence-corrected chi connectivity index (χ1v) is 7.28. The second kappa shape index (κ2) is 6.45. The van der Waals surface area contributed by atoms with Crippen molar-refractivity contribution in [1.29, 1.82) is 0 Å². The number of rotatable bonds is 8. The highest BCUT2D eigenvalue weighted by atomic mass is 32.2. The van der Waals surface area contributed by atoms with Crippen LogP contribution in [0.4, 0.5) is 0 Å². The summed E-state index contributed by atoms with van der Waals surface area (Å²) in [6, 6.07) is 0. The van der Waals surface area contributed by atoms with E-state index < -0.39 is 9.84 Å². The van der Waals surface area contributed by atoms with Crippen molar-refractivity contribution < 1.29 is 13.2 Å². The maximum absolute atomic E-state index is 11.2. The lowest BCUT2D eigenvalue weighted by Gasteiger charge is -2.26. The average molecular weight is 237 g/mol. The van der Waals surface area contributed by atoms with Crippen molar-refractivity contribution in [3.05, 3.63) is 0 Å². The van der Waals surface area contributed by atoms with Crippen LogP contribution in [-0.4, -0.2) is 38.7 Å². The third-order valence-electron chi connectivity index (χ3n) is 2.78. The Hall–Kier alpha value is -0.130. The number of hydrogen-bond donors (Lipinski definition) is 1. The summed E-state index contributed by atoms with van der Waals surface area (Å²) in [4.78, 5) is 0. The van der Waals surface area contributed by atoms with Gasteiger partial charge in [-0.3, -0.25) is 0 Å². The molecule has 0 aliphatic heterocycles. The second-order valence-electron chi connectivity index (χ2n) is 3.86. The molecule has 0 aromatic carbocycles. The third-order valence-corrected chi connectivity index (χ3v) is 4.44. The molecule has 0 bridgehead atoms. The Balaban J connectivity index is 3.81. The van der Waals surface area contributed by atoms with Crippen LogP contribution in [0.3, 0.4) is 0 Å². The van der Waals surface area contributed by atoms with E-state index in [9.17, 15) is 8.42 Å². The first kappa shape index (κ1) is 14.9. The Labute approximate surface area is 93.1 Å². The molecule has 0 spiro atoms.